The highest BCUT2D eigenvalue weighted by Gasteiger charge is 2.29. The minimum Gasteiger partial charge on any atom is -0.354 e. The number of rotatable bonds is 5. The van der Waals surface area contributed by atoms with Crippen molar-refractivity contribution in [3.05, 3.63) is 48.2 Å². The normalized spacial score (nSPS) is 19.7. The van der Waals surface area contributed by atoms with Gasteiger partial charge in [-0.25, -0.2) is 0 Å². The molecule has 0 saturated carbocycles. The van der Waals surface area contributed by atoms with Gasteiger partial charge in [0.05, 0.1) is 5.92 Å². The number of aromatic nitrogens is 2. The Labute approximate surface area is 177 Å². The molecule has 1 N–H and O–H groups in total. The van der Waals surface area contributed by atoms with E-state index in [2.05, 4.69) is 32.5 Å². The van der Waals surface area contributed by atoms with Crippen molar-refractivity contribution in [2.24, 2.45) is 5.92 Å². The zero-order valence-electron chi connectivity index (χ0n) is 17.5. The van der Waals surface area contributed by atoms with Gasteiger partial charge in [0.2, 0.25) is 11.8 Å². The Morgan fingerprint density at radius 3 is 2.50 bits per heavy atom. The second-order valence-electron chi connectivity index (χ2n) is 8.13. The maximum atomic E-state index is 12.7. The molecule has 1 aromatic carbocycles. The average molecular weight is 408 g/mol. The number of amides is 2. The molecule has 0 unspecified atom stereocenters. The molecule has 3 heterocycles. The molecule has 4 rings (SSSR count). The van der Waals surface area contributed by atoms with Gasteiger partial charge < -0.3 is 15.1 Å². The third-order valence-corrected chi connectivity index (χ3v) is 6.24. The topological polar surface area (TPSA) is 78.4 Å². The van der Waals surface area contributed by atoms with Crippen LogP contribution in [0.15, 0.2) is 42.6 Å². The third kappa shape index (κ3) is 4.61. The van der Waals surface area contributed by atoms with Crippen LogP contribution in [0.25, 0.3) is 0 Å². The Hall–Kier alpha value is -2.96. The van der Waals surface area contributed by atoms with Crippen molar-refractivity contribution < 1.29 is 9.59 Å². The summed E-state index contributed by atoms with van der Waals surface area (Å²) < 4.78 is 0. The second kappa shape index (κ2) is 9.24. The fourth-order valence-electron chi connectivity index (χ4n) is 4.41. The average Bonchev–Trinajstić information content (AvgIpc) is 3.30. The van der Waals surface area contributed by atoms with Gasteiger partial charge >= 0.3 is 0 Å². The monoisotopic (exact) mass is 407 g/mol. The summed E-state index contributed by atoms with van der Waals surface area (Å²) in [5, 5.41) is 11.1. The Morgan fingerprint density at radius 1 is 1.07 bits per heavy atom. The number of nitrogens with zero attached hydrogens (tertiary/aromatic N) is 4. The highest BCUT2D eigenvalue weighted by molar-refractivity contribution is 5.93. The molecule has 158 valence electrons. The molecule has 1 aromatic heterocycles. The van der Waals surface area contributed by atoms with Crippen LogP contribution in [0, 0.1) is 5.92 Å². The Balaban J connectivity index is 1.29. The molecule has 2 aromatic rings. The summed E-state index contributed by atoms with van der Waals surface area (Å²) >= 11 is 0. The van der Waals surface area contributed by atoms with E-state index >= 15 is 0 Å². The predicted molar refractivity (Wildman–Crippen MR) is 116 cm³/mol. The molecule has 2 aliphatic heterocycles. The van der Waals surface area contributed by atoms with Crippen LogP contribution in [0.1, 0.15) is 44.1 Å². The molecule has 30 heavy (non-hydrogen) atoms. The zero-order valence-corrected chi connectivity index (χ0v) is 17.5. The summed E-state index contributed by atoms with van der Waals surface area (Å²) in [5.74, 6) is 1.55. The first kappa shape index (κ1) is 20.3. The van der Waals surface area contributed by atoms with E-state index in [0.29, 0.717) is 18.9 Å². The van der Waals surface area contributed by atoms with Crippen LogP contribution >= 0.6 is 0 Å². The molecule has 0 radical (unpaired) electrons. The van der Waals surface area contributed by atoms with E-state index in [0.717, 1.165) is 50.4 Å². The molecule has 7 heteroatoms. The van der Waals surface area contributed by atoms with Crippen molar-refractivity contribution >= 4 is 23.3 Å². The molecular formula is C23H29N5O2. The summed E-state index contributed by atoms with van der Waals surface area (Å²) in [6, 6.07) is 12.0. The summed E-state index contributed by atoms with van der Waals surface area (Å²) in [7, 11) is 0. The van der Waals surface area contributed by atoms with Crippen LogP contribution < -0.4 is 10.2 Å². The summed E-state index contributed by atoms with van der Waals surface area (Å²) in [4.78, 5) is 28.6. The van der Waals surface area contributed by atoms with Crippen LogP contribution in [0.5, 0.6) is 0 Å². The summed E-state index contributed by atoms with van der Waals surface area (Å²) in [5.41, 5.74) is 2.12. The first-order valence-electron chi connectivity index (χ1n) is 10.8. The van der Waals surface area contributed by atoms with Crippen molar-refractivity contribution in [2.75, 3.05) is 36.4 Å². The number of benzene rings is 1. The predicted octanol–water partition coefficient (Wildman–Crippen LogP) is 3.06. The lowest BCUT2D eigenvalue weighted by atomic mass is 9.89. The van der Waals surface area contributed by atoms with E-state index in [1.165, 1.54) is 5.56 Å². The third-order valence-electron chi connectivity index (χ3n) is 6.24. The molecule has 0 bridgehead atoms. The number of piperidine rings is 1. The van der Waals surface area contributed by atoms with E-state index in [-0.39, 0.29) is 17.7 Å². The van der Waals surface area contributed by atoms with Gasteiger partial charge in [-0.2, -0.15) is 5.10 Å². The molecule has 7 nitrogen and oxygen atoms in total. The van der Waals surface area contributed by atoms with Gasteiger partial charge in [-0.05, 0) is 55.0 Å². The highest BCUT2D eigenvalue weighted by atomic mass is 16.2. The maximum absolute atomic E-state index is 12.7. The van der Waals surface area contributed by atoms with Gasteiger partial charge in [-0.15, -0.1) is 5.10 Å². The zero-order chi connectivity index (χ0) is 20.9. The van der Waals surface area contributed by atoms with Gasteiger partial charge in [0, 0.05) is 44.5 Å². The number of likely N-dealkylation sites (tertiary alicyclic amines) is 1. The molecule has 2 aliphatic rings. The Kier molecular flexibility index (Phi) is 6.26. The highest BCUT2D eigenvalue weighted by Crippen LogP contribution is 2.29. The standard InChI is InChI=1S/C23H29N5O2/c1-2-22(29)27-13-9-18(10-14-27)17-5-7-20(8-6-17)25-23(30)19-11-15-28(16-19)21-4-3-12-24-26-21/h3-8,12,18-19H,2,9-11,13-16H2,1H3,(H,25,30)/t19-/m0/s1. The molecule has 2 amide bonds. The number of hydrogen-bond donors (Lipinski definition) is 1. The lowest BCUT2D eigenvalue weighted by Crippen LogP contribution is -2.37. The molecule has 0 spiro atoms. The number of carbonyl (C=O) groups excluding carboxylic acids is 2. The van der Waals surface area contributed by atoms with Crippen LogP contribution in [0.4, 0.5) is 11.5 Å². The van der Waals surface area contributed by atoms with Gasteiger partial charge in [0.15, 0.2) is 5.82 Å². The largest absolute Gasteiger partial charge is 0.354 e. The van der Waals surface area contributed by atoms with Crippen LogP contribution in [0.2, 0.25) is 0 Å². The first-order valence-corrected chi connectivity index (χ1v) is 10.8. The van der Waals surface area contributed by atoms with Gasteiger partial charge in [-0.1, -0.05) is 19.1 Å². The number of nitrogens with one attached hydrogen (secondary N) is 1. The van der Waals surface area contributed by atoms with E-state index in [9.17, 15) is 9.59 Å². The quantitative estimate of drug-likeness (QED) is 0.824. The van der Waals surface area contributed by atoms with E-state index < -0.39 is 0 Å². The van der Waals surface area contributed by atoms with Crippen molar-refractivity contribution in [1.82, 2.24) is 15.1 Å². The van der Waals surface area contributed by atoms with Crippen molar-refractivity contribution in [1.29, 1.82) is 0 Å². The number of carbonyl (C=O) groups is 2. The van der Waals surface area contributed by atoms with Crippen molar-refractivity contribution in [2.45, 2.75) is 38.5 Å². The fraction of sp³-hybridized carbons (Fsp3) is 0.478. The van der Waals surface area contributed by atoms with Crippen LogP contribution in [-0.4, -0.2) is 53.1 Å². The van der Waals surface area contributed by atoms with Gasteiger partial charge in [-0.3, -0.25) is 9.59 Å². The minimum atomic E-state index is -0.0490. The van der Waals surface area contributed by atoms with E-state index in [1.54, 1.807) is 6.20 Å². The van der Waals surface area contributed by atoms with Gasteiger partial charge in [0.1, 0.15) is 0 Å². The van der Waals surface area contributed by atoms with Crippen molar-refractivity contribution in [3.63, 3.8) is 0 Å². The smallest absolute Gasteiger partial charge is 0.229 e. The van der Waals surface area contributed by atoms with Gasteiger partial charge in [0.25, 0.3) is 0 Å². The molecule has 2 saturated heterocycles. The molecule has 0 aliphatic carbocycles. The lowest BCUT2D eigenvalue weighted by Gasteiger charge is -2.32. The first-order chi connectivity index (χ1) is 14.6. The van der Waals surface area contributed by atoms with Crippen molar-refractivity contribution in [3.8, 4) is 0 Å². The van der Waals surface area contributed by atoms with E-state index in [1.807, 2.05) is 36.1 Å². The second-order valence-corrected chi connectivity index (χ2v) is 8.13. The Bertz CT molecular complexity index is 863. The fourth-order valence-corrected chi connectivity index (χ4v) is 4.41. The summed E-state index contributed by atoms with van der Waals surface area (Å²) in [6.45, 7) is 5.06. The maximum Gasteiger partial charge on any atom is 0.229 e. The van der Waals surface area contributed by atoms with Crippen LogP contribution in [-0.2, 0) is 9.59 Å². The number of hydrogen-bond acceptors (Lipinski definition) is 5. The molecule has 1 atom stereocenters. The Morgan fingerprint density at radius 2 is 1.83 bits per heavy atom. The SMILES string of the molecule is CCC(=O)N1CCC(c2ccc(NC(=O)[C@H]3CCN(c4cccnn4)C3)cc2)CC1. The lowest BCUT2D eigenvalue weighted by molar-refractivity contribution is -0.131. The van der Waals surface area contributed by atoms with E-state index in [4.69, 9.17) is 0 Å². The number of anilines is 2. The summed E-state index contributed by atoms with van der Waals surface area (Å²) in [6.07, 6.45) is 5.04. The molecular weight excluding hydrogens is 378 g/mol. The van der Waals surface area contributed by atoms with Crippen LogP contribution in [0.3, 0.4) is 0 Å². The minimum absolute atomic E-state index is 0.0490. The molecule has 2 fully saturated rings.